The van der Waals surface area contributed by atoms with Crippen molar-refractivity contribution >= 4 is 0 Å². The van der Waals surface area contributed by atoms with Crippen LogP contribution < -0.4 is 0 Å². The van der Waals surface area contributed by atoms with Gasteiger partial charge in [0.25, 0.3) is 0 Å². The molecule has 1 N–H and O–H groups in total. The number of aliphatic hydroxyl groups is 1. The Morgan fingerprint density at radius 3 is 2.36 bits per heavy atom. The first-order valence-electron chi connectivity index (χ1n) is 4.03. The Morgan fingerprint density at radius 1 is 1.36 bits per heavy atom. The molecule has 1 aliphatic heterocycles. The third-order valence-corrected chi connectivity index (χ3v) is 1.87. The average Bonchev–Trinajstić information content (AvgIpc) is 1.94. The molecule has 11 heavy (non-hydrogen) atoms. The molecule has 0 aliphatic carbocycles. The van der Waals surface area contributed by atoms with Crippen LogP contribution in [0.4, 0.5) is 0 Å². The fraction of sp³-hybridized carbons (Fsp3) is 1.00. The zero-order chi connectivity index (χ0) is 8.32. The fourth-order valence-corrected chi connectivity index (χ4v) is 1.08. The average molecular weight is 160 g/mol. The number of hydrogen-bond donors (Lipinski definition) is 1. The number of aliphatic hydroxyl groups excluding tert-OH is 1. The van der Waals surface area contributed by atoms with E-state index in [4.69, 9.17) is 14.6 Å². The van der Waals surface area contributed by atoms with Gasteiger partial charge in [0.1, 0.15) is 0 Å². The molecular weight excluding hydrogens is 144 g/mol. The second-order valence-corrected chi connectivity index (χ2v) is 3.40. The van der Waals surface area contributed by atoms with Crippen molar-refractivity contribution in [2.45, 2.75) is 26.1 Å². The lowest BCUT2D eigenvalue weighted by Crippen LogP contribution is -2.39. The van der Waals surface area contributed by atoms with Crippen LogP contribution in [-0.4, -0.2) is 30.7 Å². The summed E-state index contributed by atoms with van der Waals surface area (Å²) in [6.07, 6.45) is 0.774. The molecule has 1 saturated heterocycles. The highest BCUT2D eigenvalue weighted by atomic mass is 16.7. The van der Waals surface area contributed by atoms with E-state index in [1.807, 2.05) is 13.8 Å². The lowest BCUT2D eigenvalue weighted by Gasteiger charge is -2.34. The summed E-state index contributed by atoms with van der Waals surface area (Å²) in [6, 6.07) is 0. The van der Waals surface area contributed by atoms with E-state index in [0.29, 0.717) is 19.1 Å². The van der Waals surface area contributed by atoms with Gasteiger partial charge < -0.3 is 14.6 Å². The van der Waals surface area contributed by atoms with Gasteiger partial charge >= 0.3 is 0 Å². The summed E-state index contributed by atoms with van der Waals surface area (Å²) in [5.41, 5.74) is 0. The normalized spacial score (nSPS) is 25.4. The topological polar surface area (TPSA) is 38.7 Å². The minimum absolute atomic E-state index is 0.220. The highest BCUT2D eigenvalue weighted by molar-refractivity contribution is 4.66. The van der Waals surface area contributed by atoms with Gasteiger partial charge in [0.15, 0.2) is 5.79 Å². The van der Waals surface area contributed by atoms with Crippen LogP contribution in [0.3, 0.4) is 0 Å². The molecule has 0 atom stereocenters. The third-order valence-electron chi connectivity index (χ3n) is 1.87. The Bertz CT molecular complexity index is 113. The van der Waals surface area contributed by atoms with Gasteiger partial charge in [0.2, 0.25) is 0 Å². The van der Waals surface area contributed by atoms with Crippen LogP contribution in [0.25, 0.3) is 0 Å². The van der Waals surface area contributed by atoms with Gasteiger partial charge in [0.05, 0.1) is 13.2 Å². The number of rotatable bonds is 2. The van der Waals surface area contributed by atoms with Crippen LogP contribution in [-0.2, 0) is 9.47 Å². The van der Waals surface area contributed by atoms with Crippen LogP contribution in [0.2, 0.25) is 0 Å². The van der Waals surface area contributed by atoms with Crippen molar-refractivity contribution < 1.29 is 14.6 Å². The molecule has 0 aromatic rings. The van der Waals surface area contributed by atoms with Gasteiger partial charge in [-0.1, -0.05) is 0 Å². The van der Waals surface area contributed by atoms with Gasteiger partial charge in [0, 0.05) is 12.5 Å². The molecular formula is C8H16O3. The maximum absolute atomic E-state index is 8.64. The predicted octanol–water partition coefficient (Wildman–Crippen LogP) is 0.768. The monoisotopic (exact) mass is 160 g/mol. The number of hydrogen-bond acceptors (Lipinski definition) is 3. The Balaban J connectivity index is 2.25. The summed E-state index contributed by atoms with van der Waals surface area (Å²) >= 11 is 0. The predicted molar refractivity (Wildman–Crippen MR) is 41.2 cm³/mol. The minimum atomic E-state index is -0.425. The molecule has 0 aromatic heterocycles. The summed E-state index contributed by atoms with van der Waals surface area (Å²) < 4.78 is 10.8. The van der Waals surface area contributed by atoms with Crippen LogP contribution >= 0.6 is 0 Å². The van der Waals surface area contributed by atoms with E-state index in [9.17, 15) is 0 Å². The van der Waals surface area contributed by atoms with Crippen molar-refractivity contribution in [3.05, 3.63) is 0 Å². The van der Waals surface area contributed by atoms with Crippen molar-refractivity contribution in [2.75, 3.05) is 19.8 Å². The molecule has 1 heterocycles. The van der Waals surface area contributed by atoms with Crippen LogP contribution in [0, 0.1) is 5.92 Å². The molecule has 0 spiro atoms. The van der Waals surface area contributed by atoms with Gasteiger partial charge in [-0.3, -0.25) is 0 Å². The highest BCUT2D eigenvalue weighted by Crippen LogP contribution is 2.21. The van der Waals surface area contributed by atoms with E-state index >= 15 is 0 Å². The Labute approximate surface area is 67.3 Å². The Kier molecular flexibility index (Phi) is 2.87. The summed E-state index contributed by atoms with van der Waals surface area (Å²) in [5.74, 6) is -0.0561. The van der Waals surface area contributed by atoms with Crippen LogP contribution in [0.1, 0.15) is 20.3 Å². The fourth-order valence-electron chi connectivity index (χ4n) is 1.08. The first-order valence-corrected chi connectivity index (χ1v) is 4.03. The second-order valence-electron chi connectivity index (χ2n) is 3.40. The first-order chi connectivity index (χ1) is 5.14. The van der Waals surface area contributed by atoms with Gasteiger partial charge in [-0.05, 0) is 20.3 Å². The summed E-state index contributed by atoms with van der Waals surface area (Å²) in [4.78, 5) is 0. The molecule has 0 radical (unpaired) electrons. The molecule has 1 rings (SSSR count). The molecule has 0 aromatic carbocycles. The Hall–Kier alpha value is -0.120. The van der Waals surface area contributed by atoms with Gasteiger partial charge in [-0.25, -0.2) is 0 Å². The van der Waals surface area contributed by atoms with E-state index in [0.717, 1.165) is 6.42 Å². The first kappa shape index (κ1) is 8.97. The zero-order valence-electron chi connectivity index (χ0n) is 7.17. The van der Waals surface area contributed by atoms with Crippen molar-refractivity contribution in [3.8, 4) is 0 Å². The van der Waals surface area contributed by atoms with E-state index in [1.165, 1.54) is 0 Å². The van der Waals surface area contributed by atoms with Crippen molar-refractivity contribution in [3.63, 3.8) is 0 Å². The molecule has 3 heteroatoms. The van der Waals surface area contributed by atoms with Gasteiger partial charge in [-0.2, -0.15) is 0 Å². The van der Waals surface area contributed by atoms with E-state index in [1.54, 1.807) is 0 Å². The van der Waals surface area contributed by atoms with Crippen LogP contribution in [0.5, 0.6) is 0 Å². The molecule has 0 saturated carbocycles. The summed E-state index contributed by atoms with van der Waals surface area (Å²) in [5, 5.41) is 8.64. The molecule has 0 amide bonds. The largest absolute Gasteiger partial charge is 0.396 e. The molecule has 0 unspecified atom stereocenters. The summed E-state index contributed by atoms with van der Waals surface area (Å²) in [6.45, 7) is 5.43. The maximum Gasteiger partial charge on any atom is 0.162 e. The summed E-state index contributed by atoms with van der Waals surface area (Å²) in [7, 11) is 0. The molecule has 66 valence electrons. The lowest BCUT2D eigenvalue weighted by atomic mass is 10.1. The lowest BCUT2D eigenvalue weighted by molar-refractivity contribution is -0.263. The van der Waals surface area contributed by atoms with Crippen molar-refractivity contribution in [1.82, 2.24) is 0 Å². The van der Waals surface area contributed by atoms with Gasteiger partial charge in [-0.15, -0.1) is 0 Å². The molecule has 0 bridgehead atoms. The zero-order valence-corrected chi connectivity index (χ0v) is 7.17. The smallest absolute Gasteiger partial charge is 0.162 e. The standard InChI is InChI=1S/C8H16O3/c1-8(2)10-5-7(3-4-9)6-11-8/h7,9H,3-6H2,1-2H3. The molecule has 3 nitrogen and oxygen atoms in total. The van der Waals surface area contributed by atoms with Crippen molar-refractivity contribution in [2.24, 2.45) is 5.92 Å². The molecule has 1 aliphatic rings. The van der Waals surface area contributed by atoms with E-state index < -0.39 is 5.79 Å². The van der Waals surface area contributed by atoms with Crippen molar-refractivity contribution in [1.29, 1.82) is 0 Å². The second kappa shape index (κ2) is 3.52. The number of ether oxygens (including phenoxy) is 2. The van der Waals surface area contributed by atoms with E-state index in [-0.39, 0.29) is 6.61 Å². The van der Waals surface area contributed by atoms with E-state index in [2.05, 4.69) is 0 Å². The third kappa shape index (κ3) is 2.77. The minimum Gasteiger partial charge on any atom is -0.396 e. The maximum atomic E-state index is 8.64. The highest BCUT2D eigenvalue weighted by Gasteiger charge is 2.27. The van der Waals surface area contributed by atoms with Crippen LogP contribution in [0.15, 0.2) is 0 Å². The SMILES string of the molecule is CC1(C)OCC(CCO)CO1. The Morgan fingerprint density at radius 2 is 1.91 bits per heavy atom. The quantitative estimate of drug-likeness (QED) is 0.648. The molecule has 1 fully saturated rings.